The molecule has 5 N–H and O–H groups in total. The lowest BCUT2D eigenvalue weighted by Gasteiger charge is -2.18. The van der Waals surface area contributed by atoms with Gasteiger partial charge in [-0.05, 0) is 55.0 Å². The summed E-state index contributed by atoms with van der Waals surface area (Å²) in [7, 11) is -1.74. The van der Waals surface area contributed by atoms with Crippen molar-refractivity contribution in [2.75, 3.05) is 13.7 Å². The fourth-order valence-corrected chi connectivity index (χ4v) is 6.44. The number of nitrogens with one attached hydrogen (secondary N) is 3. The van der Waals surface area contributed by atoms with Crippen LogP contribution >= 0.6 is 0 Å². The molecule has 16 nitrogen and oxygen atoms in total. The van der Waals surface area contributed by atoms with Gasteiger partial charge in [0.15, 0.2) is 0 Å². The second kappa shape index (κ2) is 15.2. The molecule has 0 bridgehead atoms. The highest BCUT2D eigenvalue weighted by atomic mass is 32.2. The number of carbonyl (C=O) groups excluding carboxylic acids is 5. The number of esters is 2. The summed E-state index contributed by atoms with van der Waals surface area (Å²) in [6.45, 7) is 1.91. The summed E-state index contributed by atoms with van der Waals surface area (Å²) >= 11 is 0. The number of fused-ring (bicyclic) bond motifs is 2. The highest BCUT2D eigenvalue weighted by Crippen LogP contribution is 2.21. The third-order valence-electron chi connectivity index (χ3n) is 7.93. The molecule has 3 aromatic carbocycles. The Balaban J connectivity index is 1.34. The minimum Gasteiger partial charge on any atom is -0.465 e. The van der Waals surface area contributed by atoms with Crippen LogP contribution in [0.4, 0.5) is 0 Å². The average Bonchev–Trinajstić information content (AvgIpc) is 3.65. The summed E-state index contributed by atoms with van der Waals surface area (Å²) in [6.07, 6.45) is 0.745. The van der Waals surface area contributed by atoms with Crippen molar-refractivity contribution in [1.29, 1.82) is 0 Å². The Bertz CT molecular complexity index is 2280. The van der Waals surface area contributed by atoms with E-state index in [4.69, 9.17) is 10.5 Å². The lowest BCUT2D eigenvalue weighted by Crippen LogP contribution is -2.46. The molecule has 2 aromatic heterocycles. The van der Waals surface area contributed by atoms with Crippen molar-refractivity contribution >= 4 is 61.8 Å². The van der Waals surface area contributed by atoms with Crippen molar-refractivity contribution in [3.05, 3.63) is 89.0 Å². The van der Waals surface area contributed by atoms with Crippen molar-refractivity contribution in [1.82, 2.24) is 29.6 Å². The smallest absolute Gasteiger partial charge is 0.339 e. The number of carbonyl (C=O) groups is 5. The predicted octanol–water partition coefficient (Wildman–Crippen LogP) is 2.26. The van der Waals surface area contributed by atoms with Crippen molar-refractivity contribution in [2.45, 2.75) is 43.5 Å². The van der Waals surface area contributed by atoms with Crippen LogP contribution < -0.4 is 15.8 Å². The molecule has 0 aliphatic heterocycles. The van der Waals surface area contributed by atoms with Crippen LogP contribution in [-0.2, 0) is 42.6 Å². The fourth-order valence-electron chi connectivity index (χ4n) is 5.25. The number of rotatable bonds is 14. The number of hydrogen-bond donors (Lipinski definition) is 4. The first-order valence-electron chi connectivity index (χ1n) is 15.8. The maximum atomic E-state index is 13.5. The molecule has 0 unspecified atom stereocenters. The molecule has 1 atom stereocenters. The molecular weight excluding hydrogens is 682 g/mol. The molecule has 51 heavy (non-hydrogen) atoms. The molecule has 0 aliphatic rings. The number of primary amides is 1. The Morgan fingerprint density at radius 2 is 1.71 bits per heavy atom. The van der Waals surface area contributed by atoms with Crippen LogP contribution in [0.3, 0.4) is 0 Å². The summed E-state index contributed by atoms with van der Waals surface area (Å²) in [5.41, 5.74) is 8.00. The largest absolute Gasteiger partial charge is 0.465 e. The first-order chi connectivity index (χ1) is 24.3. The van der Waals surface area contributed by atoms with E-state index in [1.807, 2.05) is 11.6 Å². The van der Waals surface area contributed by atoms with E-state index in [0.29, 0.717) is 58.5 Å². The van der Waals surface area contributed by atoms with E-state index >= 15 is 0 Å². The van der Waals surface area contributed by atoms with E-state index in [2.05, 4.69) is 25.0 Å². The molecule has 2 heterocycles. The lowest BCUT2D eigenvalue weighted by molar-refractivity contribution is -0.147. The number of aromatic nitrogens is 4. The maximum absolute atomic E-state index is 13.5. The van der Waals surface area contributed by atoms with Gasteiger partial charge < -0.3 is 30.1 Å². The minimum atomic E-state index is -4.58. The van der Waals surface area contributed by atoms with Crippen molar-refractivity contribution < 1.29 is 41.9 Å². The van der Waals surface area contributed by atoms with Crippen LogP contribution in [0.1, 0.15) is 68.9 Å². The Kier molecular flexibility index (Phi) is 10.8. The van der Waals surface area contributed by atoms with Crippen LogP contribution in [0, 0.1) is 0 Å². The van der Waals surface area contributed by atoms with Gasteiger partial charge >= 0.3 is 11.9 Å². The van der Waals surface area contributed by atoms with Gasteiger partial charge in [0.25, 0.3) is 15.9 Å². The lowest BCUT2D eigenvalue weighted by atomic mass is 10.1. The minimum absolute atomic E-state index is 0.0232. The van der Waals surface area contributed by atoms with Crippen LogP contribution in [-0.4, -0.2) is 77.4 Å². The first kappa shape index (κ1) is 36.2. The zero-order valence-corrected chi connectivity index (χ0v) is 28.7. The van der Waals surface area contributed by atoms with Gasteiger partial charge in [-0.15, -0.1) is 0 Å². The summed E-state index contributed by atoms with van der Waals surface area (Å²) in [4.78, 5) is 75.1. The van der Waals surface area contributed by atoms with Gasteiger partial charge in [-0.3, -0.25) is 14.4 Å². The van der Waals surface area contributed by atoms with Crippen molar-refractivity contribution in [3.8, 4) is 0 Å². The summed E-state index contributed by atoms with van der Waals surface area (Å²) in [5, 5.41) is 2.49. The topological polar surface area (TPSA) is 235 Å². The van der Waals surface area contributed by atoms with Gasteiger partial charge in [0, 0.05) is 18.2 Å². The number of unbranched alkanes of at least 4 members (excludes halogenated alkanes) is 1. The normalized spacial score (nSPS) is 12.0. The molecule has 0 saturated carbocycles. The van der Waals surface area contributed by atoms with Crippen LogP contribution in [0.2, 0.25) is 0 Å². The molecule has 17 heteroatoms. The molecule has 5 aromatic rings. The number of methoxy groups -OCH3 is 1. The quantitative estimate of drug-likeness (QED) is 0.0961. The number of nitrogens with two attached hydrogens (primary N) is 1. The Morgan fingerprint density at radius 3 is 2.43 bits per heavy atom. The maximum Gasteiger partial charge on any atom is 0.339 e. The van der Waals surface area contributed by atoms with Gasteiger partial charge in [0.2, 0.25) is 11.8 Å². The monoisotopic (exact) mass is 717 g/mol. The molecular formula is C34H35N7O9S. The standard InChI is InChI=1S/C34H35N7O9S/c1-4-5-14-50-34(46)25(17-30(42)40-51(47,48)27-9-7-6-8-21(27)33(45)49-3)39-32(44)20-11-13-23-26(16-20)41(2)29(38-23)18-28-36-22-12-10-19(31(35)43)15-24(22)37-28/h6-13,15-16,25H,4-5,14,17-18H2,1-3H3,(H2,35,43)(H,36,37)(H,39,44)(H,40,42)/t25-/m0/s1. The summed E-state index contributed by atoms with van der Waals surface area (Å²) in [6, 6.07) is 13.2. The second-order valence-electron chi connectivity index (χ2n) is 11.5. The van der Waals surface area contributed by atoms with Crippen LogP contribution in [0.15, 0.2) is 65.6 Å². The molecule has 5 rings (SSSR count). The van der Waals surface area contributed by atoms with E-state index in [1.54, 1.807) is 41.9 Å². The number of ether oxygens (including phenoxy) is 2. The number of aryl methyl sites for hydroxylation is 1. The number of sulfonamides is 1. The van der Waals surface area contributed by atoms with E-state index in [-0.39, 0.29) is 17.7 Å². The Hall–Kier alpha value is -6.10. The number of aromatic amines is 1. The number of hydrogen-bond acceptors (Lipinski definition) is 11. The zero-order valence-electron chi connectivity index (χ0n) is 27.9. The molecule has 266 valence electrons. The van der Waals surface area contributed by atoms with Crippen molar-refractivity contribution in [3.63, 3.8) is 0 Å². The van der Waals surface area contributed by atoms with E-state index in [9.17, 15) is 32.4 Å². The Morgan fingerprint density at radius 1 is 0.980 bits per heavy atom. The van der Waals surface area contributed by atoms with Gasteiger partial charge in [0.1, 0.15) is 22.6 Å². The van der Waals surface area contributed by atoms with E-state index in [1.165, 1.54) is 24.3 Å². The summed E-state index contributed by atoms with van der Waals surface area (Å²) in [5.74, 6) is -3.08. The zero-order chi connectivity index (χ0) is 36.9. The predicted molar refractivity (Wildman–Crippen MR) is 183 cm³/mol. The third-order valence-corrected chi connectivity index (χ3v) is 9.36. The van der Waals surface area contributed by atoms with E-state index in [0.717, 1.165) is 13.2 Å². The molecule has 0 radical (unpaired) electrons. The number of benzene rings is 3. The number of imidazole rings is 2. The second-order valence-corrected chi connectivity index (χ2v) is 13.2. The molecule has 0 saturated heterocycles. The van der Waals surface area contributed by atoms with Gasteiger partial charge in [0.05, 0.1) is 54.2 Å². The number of nitrogens with zero attached hydrogens (tertiary/aromatic N) is 3. The molecule has 0 fully saturated rings. The van der Waals surface area contributed by atoms with Gasteiger partial charge in [-0.1, -0.05) is 25.5 Å². The van der Waals surface area contributed by atoms with Crippen LogP contribution in [0.25, 0.3) is 22.1 Å². The summed E-state index contributed by atoms with van der Waals surface area (Å²) < 4.78 is 39.7. The first-order valence-corrected chi connectivity index (χ1v) is 17.2. The van der Waals surface area contributed by atoms with Gasteiger partial charge in [-0.2, -0.15) is 0 Å². The average molecular weight is 718 g/mol. The fraction of sp³-hybridized carbons (Fsp3) is 0.265. The van der Waals surface area contributed by atoms with Gasteiger partial charge in [-0.25, -0.2) is 32.7 Å². The van der Waals surface area contributed by atoms with E-state index < -0.39 is 57.0 Å². The molecule has 3 amide bonds. The van der Waals surface area contributed by atoms with Crippen LogP contribution in [0.5, 0.6) is 0 Å². The molecule has 0 aliphatic carbocycles. The molecule has 0 spiro atoms. The highest BCUT2D eigenvalue weighted by molar-refractivity contribution is 7.90. The number of H-pyrrole nitrogens is 1. The van der Waals surface area contributed by atoms with Crippen molar-refractivity contribution in [2.24, 2.45) is 12.8 Å². The third kappa shape index (κ3) is 8.21. The highest BCUT2D eigenvalue weighted by Gasteiger charge is 2.30. The SMILES string of the molecule is CCCCOC(=O)[C@H](CC(=O)NS(=O)(=O)c1ccccc1C(=O)OC)NC(=O)c1ccc2nc(Cc3nc4ccc(C(N)=O)cc4[nH]3)n(C)c2c1. The number of amides is 3. The Labute approximate surface area is 291 Å².